The molecule has 1 fully saturated rings. The van der Waals surface area contributed by atoms with Crippen molar-refractivity contribution in [1.29, 1.82) is 0 Å². The van der Waals surface area contributed by atoms with Gasteiger partial charge in [0.2, 0.25) is 0 Å². The lowest BCUT2D eigenvalue weighted by Gasteiger charge is -2.52. The molecule has 348 valence electrons. The summed E-state index contributed by atoms with van der Waals surface area (Å²) >= 11 is 0. The third kappa shape index (κ3) is 24.1. The fourth-order valence-corrected chi connectivity index (χ4v) is 9.75. The molecule has 0 heterocycles. The standard InChI is InChI=1S/C54H84O8/c1-3-5-7-9-11-13-15-16-17-18-19-21-23-25-29-33-41-52(40-32-28-24-22-20-14-12-10-8-6-4-2)42-34-30-26-27-31-35-43-53(44-36-48(55)56,45-37-49(57)58)54(52,46-38-50(59)60)47-39-51(61)62/h3-35,40-43H2,1-2H3,(H,55,56)(H,57,58)(H,59,60)(H,61,62). The molecule has 0 radical (unpaired) electrons. The Bertz CT molecular complexity index is 1470. The Morgan fingerprint density at radius 3 is 0.919 bits per heavy atom. The molecule has 0 aromatic heterocycles. The summed E-state index contributed by atoms with van der Waals surface area (Å²) in [6.45, 7) is 4.48. The van der Waals surface area contributed by atoms with E-state index in [1.54, 1.807) is 0 Å². The molecule has 0 aliphatic heterocycles. The van der Waals surface area contributed by atoms with Gasteiger partial charge in [-0.2, -0.15) is 0 Å². The minimum atomic E-state index is -1.89. The van der Waals surface area contributed by atoms with Gasteiger partial charge in [0.15, 0.2) is 0 Å². The van der Waals surface area contributed by atoms with E-state index in [0.29, 0.717) is 25.7 Å². The van der Waals surface area contributed by atoms with Gasteiger partial charge in [0.25, 0.3) is 0 Å². The molecule has 0 saturated heterocycles. The van der Waals surface area contributed by atoms with Crippen LogP contribution in [0, 0.1) is 63.6 Å². The first kappa shape index (κ1) is 56.1. The fourth-order valence-electron chi connectivity index (χ4n) is 9.75. The number of carboxylic acids is 4. The van der Waals surface area contributed by atoms with Crippen LogP contribution in [0.15, 0.2) is 0 Å². The van der Waals surface area contributed by atoms with E-state index in [1.807, 2.05) is 0 Å². The molecule has 1 unspecified atom stereocenters. The number of aliphatic carboxylic acids is 4. The van der Waals surface area contributed by atoms with Gasteiger partial charge in [-0.25, -0.2) is 19.2 Å². The van der Waals surface area contributed by atoms with Crippen molar-refractivity contribution < 1.29 is 39.6 Å². The average Bonchev–Trinajstić information content (AvgIpc) is 3.26. The second kappa shape index (κ2) is 35.6. The maximum Gasteiger partial charge on any atom is 0.381 e. The Hall–Kier alpha value is -3.88. The summed E-state index contributed by atoms with van der Waals surface area (Å²) in [5, 5.41) is 40.0. The summed E-state index contributed by atoms with van der Waals surface area (Å²) in [6, 6.07) is 0. The van der Waals surface area contributed by atoms with E-state index < -0.39 is 40.1 Å². The third-order valence-electron chi connectivity index (χ3n) is 13.1. The maximum absolute atomic E-state index is 12.4. The molecule has 0 amide bonds. The first-order valence-corrected chi connectivity index (χ1v) is 25.0. The largest absolute Gasteiger partial charge is 0.472 e. The number of hydrogen-bond donors (Lipinski definition) is 4. The zero-order valence-electron chi connectivity index (χ0n) is 39.1. The lowest BCUT2D eigenvalue weighted by molar-refractivity contribution is -0.131. The second-order valence-electron chi connectivity index (χ2n) is 18.1. The lowest BCUT2D eigenvalue weighted by Crippen LogP contribution is -2.52. The lowest BCUT2D eigenvalue weighted by atomic mass is 9.46. The molecule has 1 saturated carbocycles. The van der Waals surface area contributed by atoms with Gasteiger partial charge in [-0.3, -0.25) is 0 Å². The summed E-state index contributed by atoms with van der Waals surface area (Å²) in [7, 11) is 0. The predicted molar refractivity (Wildman–Crippen MR) is 251 cm³/mol. The van der Waals surface area contributed by atoms with Crippen LogP contribution in [0.5, 0.6) is 0 Å². The van der Waals surface area contributed by atoms with Crippen molar-refractivity contribution in [3.8, 4) is 47.4 Å². The Morgan fingerprint density at radius 2 is 0.613 bits per heavy atom. The molecule has 4 N–H and O–H groups in total. The molecule has 0 aromatic carbocycles. The van der Waals surface area contributed by atoms with Gasteiger partial charge in [-0.15, -0.1) is 0 Å². The number of hydrogen-bond acceptors (Lipinski definition) is 4. The van der Waals surface area contributed by atoms with Gasteiger partial charge in [0, 0.05) is 29.1 Å². The summed E-state index contributed by atoms with van der Waals surface area (Å²) in [5.74, 6) is 14.9. The molecule has 8 nitrogen and oxygen atoms in total. The van der Waals surface area contributed by atoms with Crippen molar-refractivity contribution in [2.75, 3.05) is 0 Å². The average molecular weight is 861 g/mol. The number of carboxylic acid groups (broad SMARTS) is 4. The van der Waals surface area contributed by atoms with Crippen LogP contribution in [-0.2, 0) is 19.2 Å². The molecular formula is C54H84O8. The maximum atomic E-state index is 12.4. The van der Waals surface area contributed by atoms with E-state index in [-0.39, 0.29) is 6.42 Å². The highest BCUT2D eigenvalue weighted by Gasteiger charge is 2.60. The van der Waals surface area contributed by atoms with Crippen LogP contribution < -0.4 is 0 Å². The zero-order chi connectivity index (χ0) is 45.6. The van der Waals surface area contributed by atoms with E-state index in [2.05, 4.69) is 61.2 Å². The molecule has 1 aliphatic carbocycles. The smallest absolute Gasteiger partial charge is 0.381 e. The van der Waals surface area contributed by atoms with E-state index in [1.165, 1.54) is 109 Å². The topological polar surface area (TPSA) is 149 Å². The zero-order valence-corrected chi connectivity index (χ0v) is 39.1. The SMILES string of the molecule is CCCCCCCCCCCCCCCCCCC1(CCCCCCCCCCCCC)CCCCCCCCC(C#CC(=O)O)(C#CC(=O)O)C1(C#CC(=O)O)C#CC(=O)O. The van der Waals surface area contributed by atoms with Gasteiger partial charge in [0.1, 0.15) is 10.8 Å². The third-order valence-corrected chi connectivity index (χ3v) is 13.1. The number of carbonyl (C=O) groups is 4. The quantitative estimate of drug-likeness (QED) is 0.0429. The van der Waals surface area contributed by atoms with Crippen molar-refractivity contribution in [2.45, 2.75) is 251 Å². The Kier molecular flexibility index (Phi) is 32.2. The van der Waals surface area contributed by atoms with Gasteiger partial charge < -0.3 is 20.4 Å². The van der Waals surface area contributed by atoms with E-state index in [0.717, 1.165) is 96.3 Å². The minimum absolute atomic E-state index is 0.0646. The van der Waals surface area contributed by atoms with Crippen LogP contribution >= 0.6 is 0 Å². The Balaban J connectivity index is 3.59. The van der Waals surface area contributed by atoms with Crippen LogP contribution in [0.3, 0.4) is 0 Å². The fraction of sp³-hybridized carbons (Fsp3) is 0.778. The molecule has 1 aliphatic rings. The molecule has 1 rings (SSSR count). The van der Waals surface area contributed by atoms with Crippen molar-refractivity contribution in [1.82, 2.24) is 0 Å². The van der Waals surface area contributed by atoms with Gasteiger partial charge in [-0.1, -0.05) is 249 Å². The first-order chi connectivity index (χ1) is 30.0. The number of unbranched alkanes of at least 4 members (excludes halogenated alkanes) is 25. The Morgan fingerprint density at radius 1 is 0.355 bits per heavy atom. The van der Waals surface area contributed by atoms with Crippen molar-refractivity contribution in [3.63, 3.8) is 0 Å². The predicted octanol–water partition coefficient (Wildman–Crippen LogP) is 13.8. The summed E-state index contributed by atoms with van der Waals surface area (Å²) in [4.78, 5) is 49.1. The molecule has 0 spiro atoms. The van der Waals surface area contributed by atoms with Crippen LogP contribution in [0.2, 0.25) is 0 Å². The normalized spacial score (nSPS) is 16.9. The number of rotatable bonds is 29. The first-order valence-electron chi connectivity index (χ1n) is 25.0. The van der Waals surface area contributed by atoms with Crippen molar-refractivity contribution >= 4 is 23.9 Å². The van der Waals surface area contributed by atoms with Gasteiger partial charge >= 0.3 is 23.9 Å². The van der Waals surface area contributed by atoms with Gasteiger partial charge in [0.05, 0.1) is 0 Å². The second-order valence-corrected chi connectivity index (χ2v) is 18.1. The highest BCUT2D eigenvalue weighted by atomic mass is 16.4. The van der Waals surface area contributed by atoms with Crippen molar-refractivity contribution in [3.05, 3.63) is 0 Å². The minimum Gasteiger partial charge on any atom is -0.472 e. The van der Waals surface area contributed by atoms with Crippen molar-refractivity contribution in [2.24, 2.45) is 16.2 Å². The molecule has 62 heavy (non-hydrogen) atoms. The summed E-state index contributed by atoms with van der Waals surface area (Å²) < 4.78 is 0. The van der Waals surface area contributed by atoms with Crippen LogP contribution in [0.25, 0.3) is 0 Å². The summed E-state index contributed by atoms with van der Waals surface area (Å²) in [5.41, 5.74) is -4.72. The van der Waals surface area contributed by atoms with Crippen LogP contribution in [0.1, 0.15) is 251 Å². The molecule has 1 atom stereocenters. The molecular weight excluding hydrogens is 777 g/mol. The van der Waals surface area contributed by atoms with E-state index in [9.17, 15) is 39.6 Å². The monoisotopic (exact) mass is 861 g/mol. The Labute approximate surface area is 377 Å². The van der Waals surface area contributed by atoms with E-state index in [4.69, 9.17) is 0 Å². The highest BCUT2D eigenvalue weighted by molar-refractivity contribution is 5.90. The van der Waals surface area contributed by atoms with Crippen LogP contribution in [0.4, 0.5) is 0 Å². The molecule has 0 bridgehead atoms. The van der Waals surface area contributed by atoms with E-state index >= 15 is 0 Å². The highest BCUT2D eigenvalue weighted by Crippen LogP contribution is 2.61. The van der Waals surface area contributed by atoms with Gasteiger partial charge in [-0.05, 0) is 25.7 Å². The summed E-state index contributed by atoms with van der Waals surface area (Å²) in [6.07, 6.45) is 38.1. The molecule has 8 heteroatoms. The molecule has 0 aromatic rings. The van der Waals surface area contributed by atoms with Crippen LogP contribution in [-0.4, -0.2) is 44.3 Å².